The van der Waals surface area contributed by atoms with Crippen molar-refractivity contribution >= 4 is 22.6 Å². The van der Waals surface area contributed by atoms with Crippen molar-refractivity contribution in [3.05, 3.63) is 39.4 Å². The molecule has 1 N–H and O–H groups in total. The molecule has 2 rings (SSSR count). The van der Waals surface area contributed by atoms with E-state index in [2.05, 4.69) is 32.7 Å². The van der Waals surface area contributed by atoms with Gasteiger partial charge >= 0.3 is 0 Å². The monoisotopic (exact) mass is 315 g/mol. The average Bonchev–Trinajstić information content (AvgIpc) is 2.65. The summed E-state index contributed by atoms with van der Waals surface area (Å²) >= 11 is 2.20. The predicted molar refractivity (Wildman–Crippen MR) is 64.7 cm³/mol. The van der Waals surface area contributed by atoms with Crippen LogP contribution in [0.15, 0.2) is 24.5 Å². The molecule has 0 spiro atoms. The van der Waals surface area contributed by atoms with Crippen molar-refractivity contribution < 1.29 is 5.11 Å². The Morgan fingerprint density at radius 3 is 2.80 bits per heavy atom. The smallest absolute Gasteiger partial charge is 0.153 e. The maximum atomic E-state index is 9.02. The van der Waals surface area contributed by atoms with Crippen molar-refractivity contribution in [2.75, 3.05) is 0 Å². The molecular formula is C10H10IN3O. The van der Waals surface area contributed by atoms with Gasteiger partial charge in [-0.2, -0.15) is 5.10 Å². The molecule has 2 aromatic heterocycles. The Labute approximate surface area is 101 Å². The molecule has 0 saturated heterocycles. The third-order valence-corrected chi connectivity index (χ3v) is 2.69. The highest BCUT2D eigenvalue weighted by molar-refractivity contribution is 14.1. The second kappa shape index (κ2) is 4.28. The molecule has 4 nitrogen and oxygen atoms in total. The first-order chi connectivity index (χ1) is 7.20. The fourth-order valence-corrected chi connectivity index (χ4v) is 1.69. The van der Waals surface area contributed by atoms with Gasteiger partial charge in [-0.3, -0.25) is 0 Å². The van der Waals surface area contributed by atoms with Crippen LogP contribution in [0.3, 0.4) is 0 Å². The highest BCUT2D eigenvalue weighted by Gasteiger charge is 2.03. The van der Waals surface area contributed by atoms with Gasteiger partial charge in [0.25, 0.3) is 0 Å². The molecule has 0 bridgehead atoms. The van der Waals surface area contributed by atoms with Crippen molar-refractivity contribution in [3.8, 4) is 5.82 Å². The molecule has 0 aliphatic heterocycles. The fourth-order valence-electron chi connectivity index (χ4n) is 1.30. The molecule has 78 valence electrons. The molecule has 5 heteroatoms. The number of halogens is 1. The van der Waals surface area contributed by atoms with Crippen molar-refractivity contribution in [3.63, 3.8) is 0 Å². The highest BCUT2D eigenvalue weighted by atomic mass is 127. The Morgan fingerprint density at radius 1 is 1.47 bits per heavy atom. The predicted octanol–water partition coefficient (Wildman–Crippen LogP) is 1.67. The summed E-state index contributed by atoms with van der Waals surface area (Å²) in [4.78, 5) is 4.36. The summed E-state index contributed by atoms with van der Waals surface area (Å²) in [6.45, 7) is 1.90. The minimum atomic E-state index is 0.0236. The Kier molecular flexibility index (Phi) is 3.01. The van der Waals surface area contributed by atoms with E-state index >= 15 is 0 Å². The topological polar surface area (TPSA) is 50.9 Å². The molecule has 0 aliphatic rings. The van der Waals surface area contributed by atoms with Crippen LogP contribution >= 0.6 is 22.6 Å². The Balaban J connectivity index is 2.42. The Hall–Kier alpha value is -0.950. The Bertz CT molecular complexity index is 481. The number of nitrogens with zero attached hydrogens (tertiary/aromatic N) is 3. The van der Waals surface area contributed by atoms with Crippen LogP contribution in [-0.2, 0) is 6.61 Å². The van der Waals surface area contributed by atoms with E-state index in [4.69, 9.17) is 5.11 Å². The van der Waals surface area contributed by atoms with Gasteiger partial charge in [0.15, 0.2) is 5.82 Å². The second-order valence-electron chi connectivity index (χ2n) is 3.18. The molecule has 0 radical (unpaired) electrons. The summed E-state index contributed by atoms with van der Waals surface area (Å²) in [7, 11) is 0. The van der Waals surface area contributed by atoms with Crippen LogP contribution in [0.5, 0.6) is 0 Å². The number of aliphatic hydroxyl groups is 1. The molecule has 0 aliphatic carbocycles. The molecule has 2 aromatic rings. The molecule has 0 saturated carbocycles. The lowest BCUT2D eigenvalue weighted by molar-refractivity contribution is 0.280. The third kappa shape index (κ3) is 2.18. The first kappa shape index (κ1) is 10.6. The van der Waals surface area contributed by atoms with Gasteiger partial charge in [-0.1, -0.05) is 6.07 Å². The van der Waals surface area contributed by atoms with Crippen LogP contribution < -0.4 is 0 Å². The van der Waals surface area contributed by atoms with Gasteiger partial charge in [-0.25, -0.2) is 9.67 Å². The summed E-state index contributed by atoms with van der Waals surface area (Å²) in [5.74, 6) is 0.771. The van der Waals surface area contributed by atoms with Crippen LogP contribution in [0, 0.1) is 10.5 Å². The van der Waals surface area contributed by atoms with Crippen LogP contribution in [0.25, 0.3) is 5.82 Å². The van der Waals surface area contributed by atoms with E-state index in [1.165, 1.54) is 0 Å². The van der Waals surface area contributed by atoms with Crippen molar-refractivity contribution in [2.45, 2.75) is 13.5 Å². The summed E-state index contributed by atoms with van der Waals surface area (Å²) in [5, 5.41) is 13.2. The van der Waals surface area contributed by atoms with Gasteiger partial charge in [0.05, 0.1) is 16.4 Å². The second-order valence-corrected chi connectivity index (χ2v) is 4.42. The third-order valence-electron chi connectivity index (χ3n) is 2.14. The van der Waals surface area contributed by atoms with Crippen LogP contribution in [-0.4, -0.2) is 19.9 Å². The van der Waals surface area contributed by atoms with E-state index in [1.807, 2.05) is 25.3 Å². The number of aryl methyl sites for hydroxylation is 1. The van der Waals surface area contributed by atoms with E-state index in [0.29, 0.717) is 0 Å². The zero-order valence-corrected chi connectivity index (χ0v) is 10.3. The van der Waals surface area contributed by atoms with Gasteiger partial charge in [0.2, 0.25) is 0 Å². The van der Waals surface area contributed by atoms with Crippen molar-refractivity contribution in [1.82, 2.24) is 14.8 Å². The number of hydrogen-bond acceptors (Lipinski definition) is 3. The molecule has 15 heavy (non-hydrogen) atoms. The number of aliphatic hydroxyl groups excluding tert-OH is 1. The summed E-state index contributed by atoms with van der Waals surface area (Å²) in [6.07, 6.45) is 3.68. The number of pyridine rings is 1. The molecule has 0 fully saturated rings. The number of hydrogen-bond donors (Lipinski definition) is 1. The quantitative estimate of drug-likeness (QED) is 0.858. The maximum absolute atomic E-state index is 9.02. The van der Waals surface area contributed by atoms with Crippen molar-refractivity contribution in [2.24, 2.45) is 0 Å². The van der Waals surface area contributed by atoms with Crippen LogP contribution in [0.4, 0.5) is 0 Å². The van der Waals surface area contributed by atoms with E-state index in [0.717, 1.165) is 20.6 Å². The highest BCUT2D eigenvalue weighted by Crippen LogP contribution is 2.11. The largest absolute Gasteiger partial charge is 0.392 e. The molecular weight excluding hydrogens is 305 g/mol. The van der Waals surface area contributed by atoms with E-state index < -0.39 is 0 Å². The number of aromatic nitrogens is 3. The maximum Gasteiger partial charge on any atom is 0.153 e. The molecule has 0 atom stereocenters. The minimum absolute atomic E-state index is 0.0236. The average molecular weight is 315 g/mol. The fraction of sp³-hybridized carbons (Fsp3) is 0.200. The molecule has 0 unspecified atom stereocenters. The van der Waals surface area contributed by atoms with Crippen LogP contribution in [0.1, 0.15) is 11.3 Å². The lowest BCUT2D eigenvalue weighted by Gasteiger charge is -2.04. The Morgan fingerprint density at radius 2 is 2.27 bits per heavy atom. The lowest BCUT2D eigenvalue weighted by Crippen LogP contribution is -2.01. The van der Waals surface area contributed by atoms with Crippen molar-refractivity contribution in [1.29, 1.82) is 0 Å². The van der Waals surface area contributed by atoms with E-state index in [9.17, 15) is 0 Å². The van der Waals surface area contributed by atoms with Gasteiger partial charge < -0.3 is 5.11 Å². The lowest BCUT2D eigenvalue weighted by atomic mass is 10.2. The zero-order chi connectivity index (χ0) is 10.8. The van der Waals surface area contributed by atoms with Gasteiger partial charge in [0, 0.05) is 11.9 Å². The normalized spacial score (nSPS) is 10.6. The standard InChI is InChI=1S/C10H10IN3O/c1-7-8(6-15)2-3-10(13-7)14-5-9(11)4-12-14/h2-5,15H,6H2,1H3. The van der Waals surface area contributed by atoms with E-state index in [-0.39, 0.29) is 6.61 Å². The summed E-state index contributed by atoms with van der Waals surface area (Å²) in [6, 6.07) is 3.72. The summed E-state index contributed by atoms with van der Waals surface area (Å²) < 4.78 is 2.79. The first-order valence-corrected chi connectivity index (χ1v) is 5.56. The van der Waals surface area contributed by atoms with E-state index in [1.54, 1.807) is 10.9 Å². The molecule has 0 amide bonds. The van der Waals surface area contributed by atoms with Gasteiger partial charge in [-0.15, -0.1) is 0 Å². The minimum Gasteiger partial charge on any atom is -0.392 e. The first-order valence-electron chi connectivity index (χ1n) is 4.48. The van der Waals surface area contributed by atoms with Crippen LogP contribution in [0.2, 0.25) is 0 Å². The van der Waals surface area contributed by atoms with Gasteiger partial charge in [-0.05, 0) is 41.1 Å². The molecule has 2 heterocycles. The zero-order valence-electron chi connectivity index (χ0n) is 8.18. The SMILES string of the molecule is Cc1nc(-n2cc(I)cn2)ccc1CO. The molecule has 0 aromatic carbocycles. The number of rotatable bonds is 2. The van der Waals surface area contributed by atoms with Gasteiger partial charge in [0.1, 0.15) is 0 Å². The summed E-state index contributed by atoms with van der Waals surface area (Å²) in [5.41, 5.74) is 1.68.